The highest BCUT2D eigenvalue weighted by Crippen LogP contribution is 2.40. The molecule has 0 amide bonds. The standard InChI is InChI=1S/C15H29O2/c1-12(2)15(9-8-13(3,4)5)16-10-14(6,7)11-17-15/h8-11H2,1-7H3/q-1. The van der Waals surface area contributed by atoms with Crippen molar-refractivity contribution < 1.29 is 9.47 Å². The van der Waals surface area contributed by atoms with Gasteiger partial charge in [0.25, 0.3) is 0 Å². The van der Waals surface area contributed by atoms with Gasteiger partial charge in [-0.1, -0.05) is 34.6 Å². The monoisotopic (exact) mass is 241 g/mol. The molecule has 0 aliphatic carbocycles. The van der Waals surface area contributed by atoms with Crippen LogP contribution in [0, 0.1) is 16.7 Å². The molecule has 2 nitrogen and oxygen atoms in total. The van der Waals surface area contributed by atoms with Gasteiger partial charge in [0.2, 0.25) is 0 Å². The zero-order valence-corrected chi connectivity index (χ0v) is 12.6. The quantitative estimate of drug-likeness (QED) is 0.690. The van der Waals surface area contributed by atoms with Crippen LogP contribution in [0.4, 0.5) is 0 Å². The Hall–Kier alpha value is -0.0800. The number of hydrogen-bond donors (Lipinski definition) is 0. The molecular formula is C15H29O2-. The Balaban J connectivity index is 2.66. The van der Waals surface area contributed by atoms with Crippen LogP contribution >= 0.6 is 0 Å². The number of ether oxygens (including phenoxy) is 2. The number of hydrogen-bond acceptors (Lipinski definition) is 2. The molecule has 1 aliphatic heterocycles. The maximum Gasteiger partial charge on any atom is 0.0541 e. The van der Waals surface area contributed by atoms with Crippen LogP contribution in [0.25, 0.3) is 0 Å². The van der Waals surface area contributed by atoms with Crippen LogP contribution in [-0.4, -0.2) is 19.0 Å². The van der Waals surface area contributed by atoms with E-state index in [1.807, 2.05) is 0 Å². The van der Waals surface area contributed by atoms with Gasteiger partial charge < -0.3 is 9.47 Å². The summed E-state index contributed by atoms with van der Waals surface area (Å²) in [6, 6.07) is 0. The van der Waals surface area contributed by atoms with E-state index < -0.39 is 5.79 Å². The van der Waals surface area contributed by atoms with Crippen molar-refractivity contribution in [2.24, 2.45) is 10.8 Å². The number of rotatable bonds is 3. The molecule has 1 heterocycles. The lowest BCUT2D eigenvalue weighted by atomic mass is 9.84. The lowest BCUT2D eigenvalue weighted by Gasteiger charge is -2.54. The van der Waals surface area contributed by atoms with E-state index in [-0.39, 0.29) is 5.41 Å². The van der Waals surface area contributed by atoms with Gasteiger partial charge in [0.15, 0.2) is 0 Å². The predicted molar refractivity (Wildman–Crippen MR) is 71.7 cm³/mol. The molecular weight excluding hydrogens is 212 g/mol. The fourth-order valence-electron chi connectivity index (χ4n) is 1.93. The van der Waals surface area contributed by atoms with Gasteiger partial charge in [-0.25, -0.2) is 0 Å². The second-order valence-electron chi connectivity index (χ2n) is 7.56. The average molecular weight is 241 g/mol. The van der Waals surface area contributed by atoms with Gasteiger partial charge in [-0.3, -0.25) is 5.92 Å². The second-order valence-corrected chi connectivity index (χ2v) is 7.56. The molecule has 102 valence electrons. The molecule has 1 rings (SSSR count). The van der Waals surface area contributed by atoms with Gasteiger partial charge in [-0.2, -0.15) is 13.8 Å². The van der Waals surface area contributed by atoms with E-state index in [4.69, 9.17) is 9.47 Å². The second kappa shape index (κ2) is 4.89. The van der Waals surface area contributed by atoms with Crippen molar-refractivity contribution in [2.45, 2.75) is 67.1 Å². The molecule has 1 aliphatic rings. The van der Waals surface area contributed by atoms with Gasteiger partial charge in [0.1, 0.15) is 0 Å². The molecule has 0 atom stereocenters. The third-order valence-electron chi connectivity index (χ3n) is 3.36. The van der Waals surface area contributed by atoms with Crippen LogP contribution in [0.15, 0.2) is 0 Å². The Morgan fingerprint density at radius 2 is 1.53 bits per heavy atom. The third-order valence-corrected chi connectivity index (χ3v) is 3.36. The van der Waals surface area contributed by atoms with E-state index in [2.05, 4.69) is 48.5 Å². The molecule has 1 fully saturated rings. The molecule has 0 aromatic rings. The lowest BCUT2D eigenvalue weighted by molar-refractivity contribution is -0.293. The van der Waals surface area contributed by atoms with Crippen LogP contribution in [0.1, 0.15) is 61.3 Å². The van der Waals surface area contributed by atoms with Crippen LogP contribution in [0.3, 0.4) is 0 Å². The normalized spacial score (nSPS) is 24.0. The first-order valence-corrected chi connectivity index (χ1v) is 6.65. The van der Waals surface area contributed by atoms with Gasteiger partial charge in [-0.15, -0.1) is 0 Å². The Labute approximate surface area is 107 Å². The van der Waals surface area contributed by atoms with Crippen molar-refractivity contribution in [2.75, 3.05) is 13.2 Å². The van der Waals surface area contributed by atoms with Gasteiger partial charge in [-0.05, 0) is 18.3 Å². The minimum Gasteiger partial charge on any atom is -0.379 e. The van der Waals surface area contributed by atoms with E-state index in [1.165, 1.54) is 5.92 Å². The smallest absolute Gasteiger partial charge is 0.0541 e. The first-order chi connectivity index (χ1) is 7.56. The van der Waals surface area contributed by atoms with Gasteiger partial charge >= 0.3 is 0 Å². The molecule has 2 heteroatoms. The summed E-state index contributed by atoms with van der Waals surface area (Å²) in [5.41, 5.74) is 0.461. The van der Waals surface area contributed by atoms with E-state index in [9.17, 15) is 0 Å². The summed E-state index contributed by atoms with van der Waals surface area (Å²) in [7, 11) is 0. The highest BCUT2D eigenvalue weighted by molar-refractivity contribution is 5.00. The Morgan fingerprint density at radius 3 is 1.88 bits per heavy atom. The van der Waals surface area contributed by atoms with Crippen molar-refractivity contribution in [1.29, 1.82) is 0 Å². The predicted octanol–water partition coefficient (Wildman–Crippen LogP) is 4.20. The van der Waals surface area contributed by atoms with E-state index in [1.54, 1.807) is 0 Å². The maximum atomic E-state index is 6.08. The molecule has 0 bridgehead atoms. The summed E-state index contributed by atoms with van der Waals surface area (Å²) in [4.78, 5) is 0. The summed E-state index contributed by atoms with van der Waals surface area (Å²) < 4.78 is 12.2. The summed E-state index contributed by atoms with van der Waals surface area (Å²) >= 11 is 0. The molecule has 0 saturated carbocycles. The Bertz CT molecular complexity index is 238. The highest BCUT2D eigenvalue weighted by atomic mass is 16.7. The van der Waals surface area contributed by atoms with Crippen molar-refractivity contribution in [3.8, 4) is 0 Å². The Morgan fingerprint density at radius 1 is 1.06 bits per heavy atom. The average Bonchev–Trinajstić information content (AvgIpc) is 2.15. The fraction of sp³-hybridized carbons (Fsp3) is 0.933. The van der Waals surface area contributed by atoms with Crippen molar-refractivity contribution in [3.05, 3.63) is 5.92 Å². The van der Waals surface area contributed by atoms with E-state index >= 15 is 0 Å². The minimum absolute atomic E-state index is 0.140. The molecule has 0 aromatic carbocycles. The molecule has 17 heavy (non-hydrogen) atoms. The van der Waals surface area contributed by atoms with Crippen LogP contribution in [0.2, 0.25) is 0 Å². The molecule has 0 radical (unpaired) electrons. The molecule has 1 saturated heterocycles. The maximum absolute atomic E-state index is 6.08. The van der Waals surface area contributed by atoms with Crippen molar-refractivity contribution in [1.82, 2.24) is 0 Å². The van der Waals surface area contributed by atoms with E-state index in [0.717, 1.165) is 26.1 Å². The van der Waals surface area contributed by atoms with Crippen LogP contribution in [-0.2, 0) is 9.47 Å². The van der Waals surface area contributed by atoms with E-state index in [0.29, 0.717) is 5.41 Å². The van der Waals surface area contributed by atoms with Crippen LogP contribution < -0.4 is 0 Å². The summed E-state index contributed by atoms with van der Waals surface area (Å²) in [5.74, 6) is 0.792. The lowest BCUT2D eigenvalue weighted by Crippen LogP contribution is -2.50. The summed E-state index contributed by atoms with van der Waals surface area (Å²) in [6.45, 7) is 16.9. The first-order valence-electron chi connectivity index (χ1n) is 6.65. The fourth-order valence-corrected chi connectivity index (χ4v) is 1.93. The molecule has 0 aromatic heterocycles. The molecule has 0 N–H and O–H groups in total. The SMILES string of the molecule is C[C-](C)C1(CCC(C)(C)C)OCC(C)(C)CO1. The van der Waals surface area contributed by atoms with Gasteiger partial charge in [0, 0.05) is 11.2 Å². The van der Waals surface area contributed by atoms with Crippen LogP contribution in [0.5, 0.6) is 0 Å². The van der Waals surface area contributed by atoms with Gasteiger partial charge in [0.05, 0.1) is 13.2 Å². The highest BCUT2D eigenvalue weighted by Gasteiger charge is 2.36. The minimum atomic E-state index is -0.442. The largest absolute Gasteiger partial charge is 0.379 e. The summed E-state index contributed by atoms with van der Waals surface area (Å²) in [6.07, 6.45) is 2.06. The zero-order valence-electron chi connectivity index (χ0n) is 12.6. The topological polar surface area (TPSA) is 18.5 Å². The zero-order chi connectivity index (χ0) is 13.3. The molecule has 0 unspecified atom stereocenters. The summed E-state index contributed by atoms with van der Waals surface area (Å²) in [5, 5.41) is 0. The first kappa shape index (κ1) is 15.0. The third kappa shape index (κ3) is 4.26. The van der Waals surface area contributed by atoms with Crippen molar-refractivity contribution in [3.63, 3.8) is 0 Å². The molecule has 0 spiro atoms. The Kier molecular flexibility index (Phi) is 4.31. The van der Waals surface area contributed by atoms with Crippen molar-refractivity contribution >= 4 is 0 Å².